The molecule has 0 aliphatic heterocycles. The molecule has 24 heavy (non-hydrogen) atoms. The van der Waals surface area contributed by atoms with Crippen molar-refractivity contribution in [1.29, 1.82) is 0 Å². The first-order chi connectivity index (χ1) is 11.5. The Balaban J connectivity index is 1.90. The van der Waals surface area contributed by atoms with Gasteiger partial charge in [-0.1, -0.05) is 46.2 Å². The molecule has 2 aromatic carbocycles. The summed E-state index contributed by atoms with van der Waals surface area (Å²) >= 11 is 6.74. The molecule has 2 rings (SSSR count). The Morgan fingerprint density at radius 1 is 1.21 bits per heavy atom. The largest absolute Gasteiger partial charge is 0.481 e. The van der Waals surface area contributed by atoms with E-state index in [1.807, 2.05) is 24.3 Å². The Labute approximate surface area is 157 Å². The molecule has 0 spiro atoms. The second-order valence-corrected chi connectivity index (χ2v) is 6.63. The highest BCUT2D eigenvalue weighted by atomic mass is 79.9. The smallest absolute Gasteiger partial charge is 0.372 e. The zero-order chi connectivity index (χ0) is 17.5. The van der Waals surface area contributed by atoms with Crippen LogP contribution in [0.25, 0.3) is 0 Å². The number of nitrogens with two attached hydrogens (primary N) is 1. The molecule has 0 unspecified atom stereocenters. The molecule has 0 bridgehead atoms. The van der Waals surface area contributed by atoms with Crippen molar-refractivity contribution < 1.29 is 14.4 Å². The summed E-state index contributed by atoms with van der Waals surface area (Å²) in [4.78, 5) is 16.5. The molecule has 5 nitrogen and oxygen atoms in total. The van der Waals surface area contributed by atoms with Gasteiger partial charge in [0.2, 0.25) is 0 Å². The molecule has 0 aliphatic rings. The van der Waals surface area contributed by atoms with Crippen molar-refractivity contribution in [2.24, 2.45) is 10.9 Å². The minimum absolute atomic E-state index is 0.109. The van der Waals surface area contributed by atoms with Crippen LogP contribution >= 0.6 is 31.9 Å². The number of benzene rings is 2. The second-order valence-electron chi connectivity index (χ2n) is 4.86. The van der Waals surface area contributed by atoms with Gasteiger partial charge in [0.05, 0.1) is 4.47 Å². The van der Waals surface area contributed by atoms with Gasteiger partial charge in [-0.15, -0.1) is 0 Å². The molecule has 2 aromatic rings. The second kappa shape index (κ2) is 8.84. The minimum atomic E-state index is -0.639. The Bertz CT molecular complexity index is 763. The molecule has 0 heterocycles. The van der Waals surface area contributed by atoms with Crippen LogP contribution in [0.2, 0.25) is 0 Å². The quantitative estimate of drug-likeness (QED) is 0.309. The zero-order valence-corrected chi connectivity index (χ0v) is 16.1. The average Bonchev–Trinajstić information content (AvgIpc) is 2.58. The number of amidine groups is 1. The molecule has 0 fully saturated rings. The number of hydrogen-bond acceptors (Lipinski definition) is 4. The van der Waals surface area contributed by atoms with E-state index in [1.165, 1.54) is 5.56 Å². The fraction of sp³-hybridized carbons (Fsp3) is 0.176. The predicted molar refractivity (Wildman–Crippen MR) is 100.0 cm³/mol. The van der Waals surface area contributed by atoms with Crippen LogP contribution < -0.4 is 10.5 Å². The van der Waals surface area contributed by atoms with Crippen LogP contribution in [0.1, 0.15) is 18.1 Å². The fourth-order valence-corrected chi connectivity index (χ4v) is 2.78. The van der Waals surface area contributed by atoms with Crippen LogP contribution in [-0.4, -0.2) is 18.4 Å². The Kier molecular flexibility index (Phi) is 6.81. The lowest BCUT2D eigenvalue weighted by Crippen LogP contribution is -2.18. The Hall–Kier alpha value is -1.86. The SMILES string of the molecule is CCc1ccc(OCC(=O)ON=C(N)c2cccc(Br)c2)c(Br)c1. The Morgan fingerprint density at radius 3 is 2.67 bits per heavy atom. The van der Waals surface area contributed by atoms with E-state index in [1.54, 1.807) is 18.2 Å². The average molecular weight is 456 g/mol. The van der Waals surface area contributed by atoms with Gasteiger partial charge in [-0.25, -0.2) is 4.79 Å². The standard InChI is InChI=1S/C17H16Br2N2O3/c1-2-11-6-7-15(14(19)8-11)23-10-16(22)24-21-17(20)12-4-3-5-13(18)9-12/h3-9H,2,10H2,1H3,(H2,20,21). The number of carbonyl (C=O) groups is 1. The van der Waals surface area contributed by atoms with Crippen molar-refractivity contribution in [2.45, 2.75) is 13.3 Å². The van der Waals surface area contributed by atoms with Gasteiger partial charge in [0, 0.05) is 10.0 Å². The van der Waals surface area contributed by atoms with E-state index in [-0.39, 0.29) is 12.4 Å². The molecule has 0 atom stereocenters. The number of oxime groups is 1. The molecular weight excluding hydrogens is 440 g/mol. The third kappa shape index (κ3) is 5.35. The minimum Gasteiger partial charge on any atom is -0.481 e. The molecule has 7 heteroatoms. The number of hydrogen-bond donors (Lipinski definition) is 1. The van der Waals surface area contributed by atoms with Crippen molar-refractivity contribution in [1.82, 2.24) is 0 Å². The molecule has 0 aromatic heterocycles. The number of halogens is 2. The maximum Gasteiger partial charge on any atom is 0.372 e. The van der Waals surface area contributed by atoms with E-state index in [0.717, 1.165) is 15.4 Å². The molecular formula is C17H16Br2N2O3. The highest BCUT2D eigenvalue weighted by molar-refractivity contribution is 9.10. The number of rotatable bonds is 6. The van der Waals surface area contributed by atoms with Crippen molar-refractivity contribution in [3.63, 3.8) is 0 Å². The van der Waals surface area contributed by atoms with Gasteiger partial charge in [0.1, 0.15) is 5.75 Å². The van der Waals surface area contributed by atoms with Gasteiger partial charge in [0.15, 0.2) is 12.4 Å². The highest BCUT2D eigenvalue weighted by Gasteiger charge is 2.08. The van der Waals surface area contributed by atoms with Crippen molar-refractivity contribution in [2.75, 3.05) is 6.61 Å². The van der Waals surface area contributed by atoms with Crippen molar-refractivity contribution in [3.05, 3.63) is 62.5 Å². The summed E-state index contributed by atoms with van der Waals surface area (Å²) in [6.07, 6.45) is 0.921. The topological polar surface area (TPSA) is 73.9 Å². The maximum atomic E-state index is 11.7. The summed E-state index contributed by atoms with van der Waals surface area (Å²) in [5, 5.41) is 3.63. The summed E-state index contributed by atoms with van der Waals surface area (Å²) in [5.41, 5.74) is 7.60. The first kappa shape index (κ1) is 18.5. The van der Waals surface area contributed by atoms with E-state index in [4.69, 9.17) is 15.3 Å². The summed E-state index contributed by atoms with van der Waals surface area (Å²) < 4.78 is 7.06. The van der Waals surface area contributed by atoms with E-state index in [9.17, 15) is 4.79 Å². The van der Waals surface area contributed by atoms with Gasteiger partial charge in [-0.05, 0) is 52.2 Å². The first-order valence-electron chi connectivity index (χ1n) is 7.20. The third-order valence-electron chi connectivity index (χ3n) is 3.12. The van der Waals surface area contributed by atoms with Gasteiger partial charge >= 0.3 is 5.97 Å². The van der Waals surface area contributed by atoms with Gasteiger partial charge in [-0.3, -0.25) is 0 Å². The van der Waals surface area contributed by atoms with Gasteiger partial charge < -0.3 is 15.3 Å². The maximum absolute atomic E-state index is 11.7. The molecule has 0 radical (unpaired) electrons. The monoisotopic (exact) mass is 454 g/mol. The number of aryl methyl sites for hydroxylation is 1. The lowest BCUT2D eigenvalue weighted by molar-refractivity contribution is -0.146. The number of carbonyl (C=O) groups excluding carboxylic acids is 1. The first-order valence-corrected chi connectivity index (χ1v) is 8.78. The van der Waals surface area contributed by atoms with E-state index in [2.05, 4.69) is 43.9 Å². The van der Waals surface area contributed by atoms with E-state index in [0.29, 0.717) is 11.3 Å². The van der Waals surface area contributed by atoms with Gasteiger partial charge in [0.25, 0.3) is 0 Å². The normalized spacial score (nSPS) is 11.2. The summed E-state index contributed by atoms with van der Waals surface area (Å²) in [6.45, 7) is 1.80. The molecule has 0 saturated heterocycles. The lowest BCUT2D eigenvalue weighted by Gasteiger charge is -2.08. The third-order valence-corrected chi connectivity index (χ3v) is 4.23. The molecule has 0 aliphatic carbocycles. The molecule has 0 saturated carbocycles. The Morgan fingerprint density at radius 2 is 2.00 bits per heavy atom. The number of nitrogens with zero attached hydrogens (tertiary/aromatic N) is 1. The van der Waals surface area contributed by atoms with Crippen LogP contribution in [0.15, 0.2) is 56.6 Å². The molecule has 126 valence electrons. The van der Waals surface area contributed by atoms with Crippen LogP contribution in [-0.2, 0) is 16.1 Å². The van der Waals surface area contributed by atoms with Crippen LogP contribution in [0, 0.1) is 0 Å². The summed E-state index contributed by atoms with van der Waals surface area (Å²) in [6, 6.07) is 12.9. The van der Waals surface area contributed by atoms with Gasteiger partial charge in [-0.2, -0.15) is 0 Å². The molecule has 0 amide bonds. The fourth-order valence-electron chi connectivity index (χ4n) is 1.84. The lowest BCUT2D eigenvalue weighted by atomic mass is 10.2. The summed E-state index contributed by atoms with van der Waals surface area (Å²) in [5.74, 6) is 0.0330. The zero-order valence-electron chi connectivity index (χ0n) is 13.0. The van der Waals surface area contributed by atoms with E-state index < -0.39 is 5.97 Å². The van der Waals surface area contributed by atoms with Crippen molar-refractivity contribution >= 4 is 43.7 Å². The summed E-state index contributed by atoms with van der Waals surface area (Å²) in [7, 11) is 0. The van der Waals surface area contributed by atoms with E-state index >= 15 is 0 Å². The molecule has 2 N–H and O–H groups in total. The van der Waals surface area contributed by atoms with Crippen LogP contribution in [0.3, 0.4) is 0 Å². The predicted octanol–water partition coefficient (Wildman–Crippen LogP) is 4.02. The van der Waals surface area contributed by atoms with Crippen molar-refractivity contribution in [3.8, 4) is 5.75 Å². The van der Waals surface area contributed by atoms with Crippen LogP contribution in [0.5, 0.6) is 5.75 Å². The highest BCUT2D eigenvalue weighted by Crippen LogP contribution is 2.26. The number of ether oxygens (including phenoxy) is 1. The van der Waals surface area contributed by atoms with Crippen LogP contribution in [0.4, 0.5) is 0 Å².